The Kier molecular flexibility index (Phi) is 4.02. The van der Waals surface area contributed by atoms with Crippen molar-refractivity contribution in [3.8, 4) is 0 Å². The van der Waals surface area contributed by atoms with Crippen molar-refractivity contribution in [2.24, 2.45) is 5.92 Å². The number of piperidine rings is 1. The molecular formula is C13H16ClNO2. The number of carbonyl (C=O) groups is 1. The van der Waals surface area contributed by atoms with E-state index in [1.165, 1.54) is 7.11 Å². The summed E-state index contributed by atoms with van der Waals surface area (Å²) in [7, 11) is 1.44. The van der Waals surface area contributed by atoms with Crippen LogP contribution in [0.3, 0.4) is 0 Å². The Balaban J connectivity index is 2.09. The third kappa shape index (κ3) is 2.99. The lowest BCUT2D eigenvalue weighted by Gasteiger charge is -2.29. The van der Waals surface area contributed by atoms with E-state index in [-0.39, 0.29) is 17.9 Å². The second kappa shape index (κ2) is 5.52. The molecule has 1 fully saturated rings. The Morgan fingerprint density at radius 1 is 1.53 bits per heavy atom. The van der Waals surface area contributed by atoms with Gasteiger partial charge in [0.2, 0.25) is 0 Å². The maximum Gasteiger partial charge on any atom is 0.308 e. The van der Waals surface area contributed by atoms with E-state index in [2.05, 4.69) is 5.32 Å². The zero-order chi connectivity index (χ0) is 12.3. The lowest BCUT2D eigenvalue weighted by Crippen LogP contribution is -2.35. The quantitative estimate of drug-likeness (QED) is 0.824. The van der Waals surface area contributed by atoms with E-state index in [0.29, 0.717) is 0 Å². The van der Waals surface area contributed by atoms with E-state index < -0.39 is 0 Å². The predicted octanol–water partition coefficient (Wildman–Crippen LogP) is 2.55. The number of benzene rings is 1. The van der Waals surface area contributed by atoms with Gasteiger partial charge in [0.25, 0.3) is 0 Å². The number of esters is 1. The van der Waals surface area contributed by atoms with Crippen molar-refractivity contribution in [3.05, 3.63) is 34.9 Å². The highest BCUT2D eigenvalue weighted by Crippen LogP contribution is 2.29. The van der Waals surface area contributed by atoms with Crippen molar-refractivity contribution < 1.29 is 9.53 Å². The average Bonchev–Trinajstić information content (AvgIpc) is 2.38. The first kappa shape index (κ1) is 12.4. The van der Waals surface area contributed by atoms with Gasteiger partial charge in [-0.15, -0.1) is 0 Å². The van der Waals surface area contributed by atoms with Gasteiger partial charge in [-0.1, -0.05) is 23.7 Å². The Morgan fingerprint density at radius 2 is 2.35 bits per heavy atom. The molecule has 0 saturated carbocycles. The standard InChI is InChI=1S/C13H16ClNO2/c1-17-13(16)10-5-6-15-12(8-10)9-3-2-4-11(14)7-9/h2-4,7,10,12,15H,5-6,8H2,1H3/t10?,12-/m0/s1. The number of methoxy groups -OCH3 is 1. The molecule has 17 heavy (non-hydrogen) atoms. The Morgan fingerprint density at radius 3 is 3.06 bits per heavy atom. The van der Waals surface area contributed by atoms with Crippen LogP contribution < -0.4 is 5.32 Å². The highest BCUT2D eigenvalue weighted by atomic mass is 35.5. The van der Waals surface area contributed by atoms with E-state index >= 15 is 0 Å². The Bertz CT molecular complexity index is 408. The number of carbonyl (C=O) groups excluding carboxylic acids is 1. The van der Waals surface area contributed by atoms with Crippen molar-refractivity contribution in [1.29, 1.82) is 0 Å². The highest BCUT2D eigenvalue weighted by Gasteiger charge is 2.28. The molecule has 1 N–H and O–H groups in total. The first-order chi connectivity index (χ1) is 8.20. The van der Waals surface area contributed by atoms with Crippen molar-refractivity contribution in [2.75, 3.05) is 13.7 Å². The fourth-order valence-electron chi connectivity index (χ4n) is 2.28. The van der Waals surface area contributed by atoms with Crippen molar-refractivity contribution in [1.82, 2.24) is 5.32 Å². The fraction of sp³-hybridized carbons (Fsp3) is 0.462. The molecule has 1 aromatic rings. The summed E-state index contributed by atoms with van der Waals surface area (Å²) in [5.74, 6) is -0.122. The molecule has 1 aliphatic heterocycles. The molecule has 1 aliphatic rings. The largest absolute Gasteiger partial charge is 0.469 e. The highest BCUT2D eigenvalue weighted by molar-refractivity contribution is 6.30. The lowest BCUT2D eigenvalue weighted by atomic mass is 9.89. The molecule has 0 bridgehead atoms. The van der Waals surface area contributed by atoms with Crippen molar-refractivity contribution in [2.45, 2.75) is 18.9 Å². The van der Waals surface area contributed by atoms with Gasteiger partial charge in [0, 0.05) is 11.1 Å². The number of nitrogens with one attached hydrogen (secondary N) is 1. The summed E-state index contributed by atoms with van der Waals surface area (Å²) in [6.07, 6.45) is 1.61. The maximum atomic E-state index is 11.5. The fourth-order valence-corrected chi connectivity index (χ4v) is 2.47. The summed E-state index contributed by atoms with van der Waals surface area (Å²) in [5, 5.41) is 4.13. The SMILES string of the molecule is COC(=O)C1CCN[C@H](c2cccc(Cl)c2)C1. The van der Waals surface area contributed by atoms with E-state index in [1.807, 2.05) is 24.3 Å². The number of halogens is 1. The number of ether oxygens (including phenoxy) is 1. The predicted molar refractivity (Wildman–Crippen MR) is 66.9 cm³/mol. The van der Waals surface area contributed by atoms with Gasteiger partial charge < -0.3 is 10.1 Å². The third-order valence-corrected chi connectivity index (χ3v) is 3.42. The molecule has 92 valence electrons. The van der Waals surface area contributed by atoms with Crippen molar-refractivity contribution in [3.63, 3.8) is 0 Å². The van der Waals surface area contributed by atoms with Gasteiger partial charge in [-0.05, 0) is 37.1 Å². The summed E-state index contributed by atoms with van der Waals surface area (Å²) in [6, 6.07) is 7.95. The summed E-state index contributed by atoms with van der Waals surface area (Å²) in [6.45, 7) is 0.830. The number of rotatable bonds is 2. The second-order valence-electron chi connectivity index (χ2n) is 4.31. The Hall–Kier alpha value is -1.06. The minimum atomic E-state index is -0.112. The van der Waals surface area contributed by atoms with Crippen LogP contribution in [0.5, 0.6) is 0 Å². The smallest absolute Gasteiger partial charge is 0.308 e. The molecule has 3 nitrogen and oxygen atoms in total. The number of hydrogen-bond acceptors (Lipinski definition) is 3. The normalized spacial score (nSPS) is 24.4. The molecule has 2 rings (SSSR count). The molecule has 1 unspecified atom stereocenters. The molecule has 0 aromatic heterocycles. The van der Waals surface area contributed by atoms with Crippen LogP contribution in [0.15, 0.2) is 24.3 Å². The van der Waals surface area contributed by atoms with Crippen LogP contribution >= 0.6 is 11.6 Å². The summed E-state index contributed by atoms with van der Waals surface area (Å²) in [5.41, 5.74) is 1.13. The van der Waals surface area contributed by atoms with Gasteiger partial charge >= 0.3 is 5.97 Å². The van der Waals surface area contributed by atoms with Crippen molar-refractivity contribution >= 4 is 17.6 Å². The van der Waals surface area contributed by atoms with Crippen LogP contribution in [0, 0.1) is 5.92 Å². The molecule has 2 atom stereocenters. The molecule has 1 saturated heterocycles. The first-order valence-corrected chi connectivity index (χ1v) is 6.15. The average molecular weight is 254 g/mol. The van der Waals surface area contributed by atoms with Crippen LogP contribution in [0.1, 0.15) is 24.4 Å². The third-order valence-electron chi connectivity index (χ3n) is 3.19. The Labute approximate surface area is 106 Å². The summed E-state index contributed by atoms with van der Waals surface area (Å²) >= 11 is 5.97. The van der Waals surface area contributed by atoms with Gasteiger partial charge in [-0.25, -0.2) is 0 Å². The molecule has 4 heteroatoms. The molecule has 0 amide bonds. The van der Waals surface area contributed by atoms with Crippen LogP contribution in [0.2, 0.25) is 5.02 Å². The topological polar surface area (TPSA) is 38.3 Å². The minimum absolute atomic E-state index is 0.00904. The van der Waals surface area contributed by atoms with Crippen LogP contribution in [-0.2, 0) is 9.53 Å². The molecular weight excluding hydrogens is 238 g/mol. The van der Waals surface area contributed by atoms with Crippen LogP contribution in [0.4, 0.5) is 0 Å². The lowest BCUT2D eigenvalue weighted by molar-refractivity contribution is -0.146. The maximum absolute atomic E-state index is 11.5. The van der Waals surface area contributed by atoms with Gasteiger partial charge in [-0.3, -0.25) is 4.79 Å². The molecule has 0 radical (unpaired) electrons. The molecule has 1 heterocycles. The van der Waals surface area contributed by atoms with Gasteiger partial charge in [-0.2, -0.15) is 0 Å². The van der Waals surface area contributed by atoms with Gasteiger partial charge in [0.05, 0.1) is 13.0 Å². The van der Waals surface area contributed by atoms with E-state index in [4.69, 9.17) is 16.3 Å². The zero-order valence-electron chi connectivity index (χ0n) is 9.78. The molecule has 1 aromatic carbocycles. The minimum Gasteiger partial charge on any atom is -0.469 e. The second-order valence-corrected chi connectivity index (χ2v) is 4.74. The number of hydrogen-bond donors (Lipinski definition) is 1. The summed E-state index contributed by atoms with van der Waals surface area (Å²) < 4.78 is 4.80. The first-order valence-electron chi connectivity index (χ1n) is 5.77. The zero-order valence-corrected chi connectivity index (χ0v) is 10.5. The summed E-state index contributed by atoms with van der Waals surface area (Å²) in [4.78, 5) is 11.5. The molecule has 0 aliphatic carbocycles. The van der Waals surface area contributed by atoms with E-state index in [0.717, 1.165) is 30.0 Å². The monoisotopic (exact) mass is 253 g/mol. The van der Waals surface area contributed by atoms with Gasteiger partial charge in [0.15, 0.2) is 0 Å². The molecule has 0 spiro atoms. The van der Waals surface area contributed by atoms with Crippen LogP contribution in [-0.4, -0.2) is 19.6 Å². The van der Waals surface area contributed by atoms with Gasteiger partial charge in [0.1, 0.15) is 0 Å². The van der Waals surface area contributed by atoms with Crippen LogP contribution in [0.25, 0.3) is 0 Å². The van der Waals surface area contributed by atoms with E-state index in [9.17, 15) is 4.79 Å². The van der Waals surface area contributed by atoms with E-state index in [1.54, 1.807) is 0 Å².